The Morgan fingerprint density at radius 2 is 1.75 bits per heavy atom. The fourth-order valence-electron chi connectivity index (χ4n) is 2.56. The van der Waals surface area contributed by atoms with Gasteiger partial charge in [0.1, 0.15) is 11.6 Å². The Morgan fingerprint density at radius 3 is 2.31 bits per heavy atom. The highest BCUT2D eigenvalue weighted by Gasteiger charge is 2.19. The van der Waals surface area contributed by atoms with Crippen LogP contribution in [0.2, 0.25) is 0 Å². The average Bonchev–Trinajstić information content (AvgIpc) is 2.60. The topological polar surface area (TPSA) is 30.7 Å². The molecule has 0 amide bonds. The minimum Gasteiger partial charge on any atom is -0.317 e. The normalized spacial score (nSPS) is 19.4. The molecule has 1 heterocycles. The largest absolute Gasteiger partial charge is 0.317 e. The minimum absolute atomic E-state index is 0.630. The Morgan fingerprint density at radius 1 is 1.12 bits per heavy atom. The van der Waals surface area contributed by atoms with Crippen molar-refractivity contribution in [1.29, 1.82) is 0 Å². The van der Waals surface area contributed by atoms with Gasteiger partial charge in [-0.25, -0.2) is 0 Å². The van der Waals surface area contributed by atoms with Crippen LogP contribution in [0.1, 0.15) is 62.5 Å². The molecule has 4 heteroatoms. The van der Waals surface area contributed by atoms with Gasteiger partial charge in [-0.15, -0.1) is 10.2 Å². The summed E-state index contributed by atoms with van der Waals surface area (Å²) in [5.74, 6) is 2.86. The average molecular weight is 286 g/mol. The van der Waals surface area contributed by atoms with Crippen molar-refractivity contribution in [3.8, 4) is 0 Å². The van der Waals surface area contributed by atoms with Gasteiger partial charge in [-0.2, -0.15) is 0 Å². The summed E-state index contributed by atoms with van der Waals surface area (Å²) in [5, 5.41) is 9.39. The predicted molar refractivity (Wildman–Crippen MR) is 68.7 cm³/mol. The van der Waals surface area contributed by atoms with Crippen LogP contribution in [0.5, 0.6) is 0 Å². The highest BCUT2D eigenvalue weighted by molar-refractivity contribution is 9.08. The number of aromatic nitrogens is 3. The summed E-state index contributed by atoms with van der Waals surface area (Å²) >= 11 is 3.45. The van der Waals surface area contributed by atoms with E-state index in [1.807, 2.05) is 0 Å². The Labute approximate surface area is 106 Å². The summed E-state index contributed by atoms with van der Waals surface area (Å²) in [7, 11) is 2.09. The highest BCUT2D eigenvalue weighted by Crippen LogP contribution is 2.29. The second-order valence-corrected chi connectivity index (χ2v) is 5.27. The lowest BCUT2D eigenvalue weighted by molar-refractivity contribution is 0.434. The zero-order valence-electron chi connectivity index (χ0n) is 9.95. The van der Waals surface area contributed by atoms with Crippen molar-refractivity contribution in [2.45, 2.75) is 56.2 Å². The van der Waals surface area contributed by atoms with E-state index in [1.165, 1.54) is 50.8 Å². The third-order valence-electron chi connectivity index (χ3n) is 3.59. The number of hydrogen-bond donors (Lipinski definition) is 0. The van der Waals surface area contributed by atoms with Gasteiger partial charge in [-0.05, 0) is 12.8 Å². The Balaban J connectivity index is 2.11. The molecule has 0 bridgehead atoms. The number of alkyl halides is 1. The van der Waals surface area contributed by atoms with Gasteiger partial charge in [0.2, 0.25) is 0 Å². The first-order valence-corrected chi connectivity index (χ1v) is 7.39. The molecule has 1 fully saturated rings. The number of nitrogens with zero attached hydrogens (tertiary/aromatic N) is 3. The SMILES string of the molecule is Cn1c(CBr)nnc1C1CCCCCCC1. The van der Waals surface area contributed by atoms with Gasteiger partial charge in [-0.3, -0.25) is 0 Å². The van der Waals surface area contributed by atoms with Crippen molar-refractivity contribution in [3.63, 3.8) is 0 Å². The summed E-state index contributed by atoms with van der Waals surface area (Å²) in [5.41, 5.74) is 0. The lowest BCUT2D eigenvalue weighted by Gasteiger charge is -2.18. The second-order valence-electron chi connectivity index (χ2n) is 4.71. The fraction of sp³-hybridized carbons (Fsp3) is 0.833. The molecule has 90 valence electrons. The number of hydrogen-bond acceptors (Lipinski definition) is 2. The van der Waals surface area contributed by atoms with Gasteiger partial charge in [0.05, 0.1) is 5.33 Å². The molecule has 1 aromatic heterocycles. The molecular weight excluding hydrogens is 266 g/mol. The first-order valence-electron chi connectivity index (χ1n) is 6.27. The highest BCUT2D eigenvalue weighted by atomic mass is 79.9. The lowest BCUT2D eigenvalue weighted by Crippen LogP contribution is -2.09. The maximum atomic E-state index is 4.37. The van der Waals surface area contributed by atoms with E-state index in [2.05, 4.69) is 37.7 Å². The third-order valence-corrected chi connectivity index (χ3v) is 4.09. The van der Waals surface area contributed by atoms with Crippen molar-refractivity contribution in [1.82, 2.24) is 14.8 Å². The molecule has 3 nitrogen and oxygen atoms in total. The molecule has 0 unspecified atom stereocenters. The third kappa shape index (κ3) is 2.65. The van der Waals surface area contributed by atoms with Crippen LogP contribution in [0.25, 0.3) is 0 Å². The van der Waals surface area contributed by atoms with E-state index in [0.29, 0.717) is 5.92 Å². The van der Waals surface area contributed by atoms with E-state index >= 15 is 0 Å². The molecule has 0 N–H and O–H groups in total. The fourth-order valence-corrected chi connectivity index (χ4v) is 3.05. The van der Waals surface area contributed by atoms with Gasteiger partial charge in [0, 0.05) is 13.0 Å². The van der Waals surface area contributed by atoms with Crippen LogP contribution in [0, 0.1) is 0 Å². The van der Waals surface area contributed by atoms with Gasteiger partial charge < -0.3 is 4.57 Å². The van der Waals surface area contributed by atoms with Crippen LogP contribution in [-0.2, 0) is 12.4 Å². The first-order chi connectivity index (χ1) is 7.83. The van der Waals surface area contributed by atoms with E-state index < -0.39 is 0 Å². The molecule has 2 rings (SSSR count). The van der Waals surface area contributed by atoms with Gasteiger partial charge in [0.15, 0.2) is 0 Å². The molecule has 0 aliphatic heterocycles. The molecule has 1 aromatic rings. The molecule has 0 spiro atoms. The van der Waals surface area contributed by atoms with Gasteiger partial charge in [0.25, 0.3) is 0 Å². The zero-order chi connectivity index (χ0) is 11.4. The van der Waals surface area contributed by atoms with E-state index in [9.17, 15) is 0 Å². The number of rotatable bonds is 2. The minimum atomic E-state index is 0.630. The molecular formula is C12H20BrN3. The number of halogens is 1. The van der Waals surface area contributed by atoms with Gasteiger partial charge >= 0.3 is 0 Å². The van der Waals surface area contributed by atoms with E-state index in [4.69, 9.17) is 0 Å². The molecule has 1 saturated carbocycles. The van der Waals surface area contributed by atoms with E-state index in [-0.39, 0.29) is 0 Å². The van der Waals surface area contributed by atoms with Crippen molar-refractivity contribution in [3.05, 3.63) is 11.6 Å². The predicted octanol–water partition coefficient (Wildman–Crippen LogP) is 3.54. The van der Waals surface area contributed by atoms with E-state index in [0.717, 1.165) is 11.2 Å². The lowest BCUT2D eigenvalue weighted by atomic mass is 9.90. The van der Waals surface area contributed by atoms with Crippen molar-refractivity contribution in [2.24, 2.45) is 7.05 Å². The van der Waals surface area contributed by atoms with Crippen LogP contribution in [-0.4, -0.2) is 14.8 Å². The van der Waals surface area contributed by atoms with Crippen molar-refractivity contribution < 1.29 is 0 Å². The van der Waals surface area contributed by atoms with Crippen LogP contribution in [0.15, 0.2) is 0 Å². The van der Waals surface area contributed by atoms with Crippen LogP contribution in [0.4, 0.5) is 0 Å². The smallest absolute Gasteiger partial charge is 0.143 e. The van der Waals surface area contributed by atoms with Crippen LogP contribution in [0.3, 0.4) is 0 Å². The molecule has 1 aliphatic rings. The summed E-state index contributed by atoms with van der Waals surface area (Å²) in [6.07, 6.45) is 9.46. The second kappa shape index (κ2) is 5.80. The van der Waals surface area contributed by atoms with Crippen molar-refractivity contribution >= 4 is 15.9 Å². The van der Waals surface area contributed by atoms with Crippen molar-refractivity contribution in [2.75, 3.05) is 0 Å². The van der Waals surface area contributed by atoms with E-state index in [1.54, 1.807) is 0 Å². The standard InChI is InChI=1S/C12H20BrN3/c1-16-11(9-13)14-15-12(16)10-7-5-3-2-4-6-8-10/h10H,2-9H2,1H3. The summed E-state index contributed by atoms with van der Waals surface area (Å²) in [6, 6.07) is 0. The van der Waals surface area contributed by atoms with Crippen LogP contribution < -0.4 is 0 Å². The molecule has 0 saturated heterocycles. The molecule has 1 aliphatic carbocycles. The maximum absolute atomic E-state index is 4.37. The Bertz CT molecular complexity index is 327. The first kappa shape index (κ1) is 12.1. The summed E-state index contributed by atoms with van der Waals surface area (Å²) in [4.78, 5) is 0. The zero-order valence-corrected chi connectivity index (χ0v) is 11.5. The van der Waals surface area contributed by atoms with Gasteiger partial charge in [-0.1, -0.05) is 48.0 Å². The molecule has 16 heavy (non-hydrogen) atoms. The summed E-state index contributed by atoms with van der Waals surface area (Å²) < 4.78 is 2.17. The monoisotopic (exact) mass is 285 g/mol. The Kier molecular flexibility index (Phi) is 4.38. The molecule has 0 aromatic carbocycles. The quantitative estimate of drug-likeness (QED) is 0.779. The Hall–Kier alpha value is -0.380. The van der Waals surface area contributed by atoms with Crippen LogP contribution >= 0.6 is 15.9 Å². The molecule has 0 radical (unpaired) electrons. The summed E-state index contributed by atoms with van der Waals surface area (Å²) in [6.45, 7) is 0. The maximum Gasteiger partial charge on any atom is 0.143 e. The molecule has 0 atom stereocenters.